The lowest BCUT2D eigenvalue weighted by Crippen LogP contribution is -2.27. The van der Waals surface area contributed by atoms with E-state index in [4.69, 9.17) is 10.5 Å². The van der Waals surface area contributed by atoms with Crippen LogP contribution in [0.2, 0.25) is 0 Å². The third kappa shape index (κ3) is 6.37. The van der Waals surface area contributed by atoms with Crippen LogP contribution in [-0.4, -0.2) is 31.6 Å². The fourth-order valence-corrected chi connectivity index (χ4v) is 1.40. The highest BCUT2D eigenvalue weighted by Crippen LogP contribution is 2.19. The molecule has 0 aliphatic heterocycles. The first kappa shape index (κ1) is 17.1. The average Bonchev–Trinajstić information content (AvgIpc) is 2.40. The molecule has 0 heterocycles. The van der Waals surface area contributed by atoms with Crippen LogP contribution in [0.3, 0.4) is 0 Å². The van der Waals surface area contributed by atoms with E-state index in [-0.39, 0.29) is 18.4 Å². The summed E-state index contributed by atoms with van der Waals surface area (Å²) in [6, 6.07) is 6.91. The van der Waals surface area contributed by atoms with Crippen LogP contribution in [0.4, 0.5) is 11.4 Å². The summed E-state index contributed by atoms with van der Waals surface area (Å²) in [7, 11) is 0. The zero-order valence-electron chi connectivity index (χ0n) is 12.7. The van der Waals surface area contributed by atoms with Gasteiger partial charge < -0.3 is 21.1 Å². The van der Waals surface area contributed by atoms with Crippen molar-refractivity contribution in [3.63, 3.8) is 0 Å². The van der Waals surface area contributed by atoms with E-state index >= 15 is 0 Å². The van der Waals surface area contributed by atoms with Gasteiger partial charge in [-0.2, -0.15) is 0 Å². The van der Waals surface area contributed by atoms with Crippen LogP contribution >= 0.6 is 0 Å². The van der Waals surface area contributed by atoms with Gasteiger partial charge in [0.15, 0.2) is 0 Å². The minimum Gasteiger partial charge on any atom is -0.370 e. The molecule has 0 aliphatic carbocycles. The molecule has 1 aromatic rings. The predicted molar refractivity (Wildman–Crippen MR) is 83.0 cm³/mol. The highest BCUT2D eigenvalue weighted by atomic mass is 16.5. The van der Waals surface area contributed by atoms with Gasteiger partial charge in [-0.3, -0.25) is 9.59 Å². The van der Waals surface area contributed by atoms with Crippen LogP contribution in [0.5, 0.6) is 0 Å². The van der Waals surface area contributed by atoms with Crippen LogP contribution in [0.15, 0.2) is 24.3 Å². The molecular weight excluding hydrogens is 270 g/mol. The number of benzene rings is 1. The normalized spacial score (nSPS) is 11.0. The van der Waals surface area contributed by atoms with E-state index in [0.717, 1.165) is 0 Å². The molecule has 0 spiro atoms. The third-order valence-electron chi connectivity index (χ3n) is 2.60. The van der Waals surface area contributed by atoms with Crippen molar-refractivity contribution in [1.82, 2.24) is 0 Å². The number of nitrogens with two attached hydrogens (primary N) is 1. The lowest BCUT2D eigenvalue weighted by Gasteiger charge is -2.17. The molecule has 6 heteroatoms. The van der Waals surface area contributed by atoms with Gasteiger partial charge >= 0.3 is 0 Å². The van der Waals surface area contributed by atoms with Crippen LogP contribution in [0.25, 0.3) is 0 Å². The quantitative estimate of drug-likeness (QED) is 0.694. The second-order valence-corrected chi connectivity index (χ2v) is 5.67. The largest absolute Gasteiger partial charge is 0.370 e. The molecule has 0 saturated carbocycles. The highest BCUT2D eigenvalue weighted by molar-refractivity contribution is 5.95. The van der Waals surface area contributed by atoms with Gasteiger partial charge in [-0.15, -0.1) is 0 Å². The molecule has 2 amide bonds. The minimum atomic E-state index is -0.451. The van der Waals surface area contributed by atoms with Crippen LogP contribution in [0, 0.1) is 5.41 Å². The average molecular weight is 293 g/mol. The molecule has 4 N–H and O–H groups in total. The summed E-state index contributed by atoms with van der Waals surface area (Å²) in [5.41, 5.74) is 6.14. The van der Waals surface area contributed by atoms with Crippen LogP contribution < -0.4 is 16.4 Å². The number of hydrogen-bond donors (Lipinski definition) is 3. The summed E-state index contributed by atoms with van der Waals surface area (Å²) in [6.07, 6.45) is 0. The summed E-state index contributed by atoms with van der Waals surface area (Å²) in [5, 5.41) is 5.51. The van der Waals surface area contributed by atoms with Gasteiger partial charge in [0.1, 0.15) is 6.61 Å². The van der Waals surface area contributed by atoms with E-state index in [1.54, 1.807) is 24.3 Å². The zero-order valence-corrected chi connectivity index (χ0v) is 12.7. The standard InChI is InChI=1S/C15H23N3O3/c1-15(2,3)14(20)18-12-6-4-11(5-7-12)17-13(19)10-21-9-8-16/h4-7H,8-10,16H2,1-3H3,(H,17,19)(H,18,20). The molecule has 0 fully saturated rings. The molecule has 0 aromatic heterocycles. The van der Waals surface area contributed by atoms with Crippen molar-refractivity contribution in [2.45, 2.75) is 20.8 Å². The maximum Gasteiger partial charge on any atom is 0.250 e. The molecule has 0 aliphatic rings. The topological polar surface area (TPSA) is 93.5 Å². The van der Waals surface area contributed by atoms with E-state index in [0.29, 0.717) is 24.5 Å². The molecule has 6 nitrogen and oxygen atoms in total. The number of hydrogen-bond acceptors (Lipinski definition) is 4. The molecular formula is C15H23N3O3. The number of ether oxygens (including phenoxy) is 1. The van der Waals surface area contributed by atoms with Crippen molar-refractivity contribution in [1.29, 1.82) is 0 Å². The van der Waals surface area contributed by atoms with Crippen molar-refractivity contribution in [2.75, 3.05) is 30.4 Å². The Morgan fingerprint density at radius 1 is 1.10 bits per heavy atom. The third-order valence-corrected chi connectivity index (χ3v) is 2.60. The van der Waals surface area contributed by atoms with Crippen molar-refractivity contribution in [2.24, 2.45) is 11.1 Å². The second kappa shape index (κ2) is 7.75. The van der Waals surface area contributed by atoms with Gasteiger partial charge in [-0.25, -0.2) is 0 Å². The molecule has 0 saturated heterocycles. The molecule has 21 heavy (non-hydrogen) atoms. The fraction of sp³-hybridized carbons (Fsp3) is 0.467. The van der Waals surface area contributed by atoms with Crippen LogP contribution in [0.1, 0.15) is 20.8 Å². The summed E-state index contributed by atoms with van der Waals surface area (Å²) >= 11 is 0. The van der Waals surface area contributed by atoms with Gasteiger partial charge in [-0.05, 0) is 24.3 Å². The smallest absolute Gasteiger partial charge is 0.250 e. The lowest BCUT2D eigenvalue weighted by molar-refractivity contribution is -0.123. The number of amides is 2. The zero-order chi connectivity index (χ0) is 15.9. The molecule has 0 atom stereocenters. The number of rotatable bonds is 6. The molecule has 116 valence electrons. The Bertz CT molecular complexity index is 478. The summed E-state index contributed by atoms with van der Waals surface area (Å²) in [4.78, 5) is 23.4. The van der Waals surface area contributed by atoms with Gasteiger partial charge in [0.2, 0.25) is 11.8 Å². The van der Waals surface area contributed by atoms with Gasteiger partial charge in [0.25, 0.3) is 0 Å². The number of nitrogens with one attached hydrogen (secondary N) is 2. The number of carbonyl (C=O) groups is 2. The van der Waals surface area contributed by atoms with Crippen molar-refractivity contribution < 1.29 is 14.3 Å². The summed E-state index contributed by atoms with van der Waals surface area (Å²) in [5.74, 6) is -0.301. The Hall–Kier alpha value is -1.92. The van der Waals surface area contributed by atoms with E-state index in [2.05, 4.69) is 10.6 Å². The molecule has 1 rings (SSSR count). The molecule has 0 radical (unpaired) electrons. The molecule has 1 aromatic carbocycles. The fourth-order valence-electron chi connectivity index (χ4n) is 1.40. The SMILES string of the molecule is CC(C)(C)C(=O)Nc1ccc(NC(=O)COCCN)cc1. The Balaban J connectivity index is 2.50. The van der Waals surface area contributed by atoms with Gasteiger partial charge in [0, 0.05) is 23.3 Å². The predicted octanol–water partition coefficient (Wildman–Crippen LogP) is 1.58. The number of carbonyl (C=O) groups excluding carboxylic acids is 2. The first-order valence-corrected chi connectivity index (χ1v) is 6.82. The maximum absolute atomic E-state index is 11.8. The van der Waals surface area contributed by atoms with E-state index < -0.39 is 5.41 Å². The van der Waals surface area contributed by atoms with E-state index in [1.807, 2.05) is 20.8 Å². The minimum absolute atomic E-state index is 0.0281. The van der Waals surface area contributed by atoms with Crippen molar-refractivity contribution in [3.05, 3.63) is 24.3 Å². The Morgan fingerprint density at radius 3 is 2.10 bits per heavy atom. The summed E-state index contributed by atoms with van der Waals surface area (Å²) < 4.78 is 5.04. The highest BCUT2D eigenvalue weighted by Gasteiger charge is 2.20. The number of anilines is 2. The first-order chi connectivity index (χ1) is 9.82. The van der Waals surface area contributed by atoms with Gasteiger partial charge in [-0.1, -0.05) is 20.8 Å². The van der Waals surface area contributed by atoms with Gasteiger partial charge in [0.05, 0.1) is 6.61 Å². The maximum atomic E-state index is 11.8. The van der Waals surface area contributed by atoms with Crippen molar-refractivity contribution in [3.8, 4) is 0 Å². The Kier molecular flexibility index (Phi) is 6.33. The second-order valence-electron chi connectivity index (χ2n) is 5.67. The van der Waals surface area contributed by atoms with Crippen LogP contribution in [-0.2, 0) is 14.3 Å². The first-order valence-electron chi connectivity index (χ1n) is 6.82. The van der Waals surface area contributed by atoms with E-state index in [1.165, 1.54) is 0 Å². The molecule has 0 bridgehead atoms. The Labute approximate surface area is 125 Å². The summed E-state index contributed by atoms with van der Waals surface area (Å²) in [6.45, 7) is 6.25. The Morgan fingerprint density at radius 2 is 1.62 bits per heavy atom. The monoisotopic (exact) mass is 293 g/mol. The lowest BCUT2D eigenvalue weighted by atomic mass is 9.95. The van der Waals surface area contributed by atoms with E-state index in [9.17, 15) is 9.59 Å². The molecule has 0 unspecified atom stereocenters. The van der Waals surface area contributed by atoms with Crippen molar-refractivity contribution >= 4 is 23.2 Å².